The summed E-state index contributed by atoms with van der Waals surface area (Å²) >= 11 is 0. The van der Waals surface area contributed by atoms with Gasteiger partial charge in [-0.05, 0) is 40.9 Å². The third kappa shape index (κ3) is 8.77. The second-order valence-electron chi connectivity index (χ2n) is 16.2. The van der Waals surface area contributed by atoms with Crippen molar-refractivity contribution in [3.8, 4) is 0 Å². The zero-order valence-electron chi connectivity index (χ0n) is 29.7. The summed E-state index contributed by atoms with van der Waals surface area (Å²) in [6.45, 7) is 17.6. The van der Waals surface area contributed by atoms with Gasteiger partial charge in [-0.15, -0.1) is 0 Å². The van der Waals surface area contributed by atoms with Gasteiger partial charge >= 0.3 is 0 Å². The molecule has 1 saturated carbocycles. The lowest BCUT2D eigenvalue weighted by molar-refractivity contribution is -0.149. The standard InChI is InChI=1S/C34H56N6O7/c1-10-11-13-20(27(44)29(35)45)37-30(46)26-25-19(34(25,8)9)17-40(26)31(47)28(33(5,6)7)36-16-22(41)38-21(32(2,3)4)18-39-23(42)14-12-15-24(39)43/h19-21,25-26,28,36H,10-18H2,1-9H3,(H2,35,45)(H,37,46)(H,38,41)/t19-,20?,21+,25-,26-,28+/m0/s1. The number of likely N-dealkylation sites (tertiary alicyclic amines) is 2. The number of carbonyl (C=O) groups is 7. The fraction of sp³-hybridized carbons (Fsp3) is 0.794. The number of fused-ring (bicyclic) bond motifs is 1. The molecular weight excluding hydrogens is 604 g/mol. The summed E-state index contributed by atoms with van der Waals surface area (Å²) in [5, 5.41) is 8.83. The Kier molecular flexibility index (Phi) is 11.7. The first-order valence-corrected chi connectivity index (χ1v) is 16.9. The Morgan fingerprint density at radius 2 is 1.55 bits per heavy atom. The molecule has 5 N–H and O–H groups in total. The van der Waals surface area contributed by atoms with Gasteiger partial charge in [0.15, 0.2) is 0 Å². The first-order chi connectivity index (χ1) is 21.6. The van der Waals surface area contributed by atoms with Gasteiger partial charge in [0.05, 0.1) is 24.7 Å². The van der Waals surface area contributed by atoms with Crippen LogP contribution >= 0.6 is 0 Å². The molecule has 47 heavy (non-hydrogen) atoms. The number of carbonyl (C=O) groups excluding carboxylic acids is 7. The van der Waals surface area contributed by atoms with Crippen LogP contribution in [0.1, 0.15) is 101 Å². The number of nitrogens with two attached hydrogens (primary N) is 1. The van der Waals surface area contributed by atoms with Crippen LogP contribution in [0.25, 0.3) is 0 Å². The van der Waals surface area contributed by atoms with Crippen molar-refractivity contribution in [2.45, 2.75) is 125 Å². The number of amides is 6. The minimum atomic E-state index is -1.12. The molecular formula is C34H56N6O7. The van der Waals surface area contributed by atoms with Gasteiger partial charge in [-0.25, -0.2) is 0 Å². The van der Waals surface area contributed by atoms with E-state index in [2.05, 4.69) is 16.0 Å². The topological polar surface area (TPSA) is 188 Å². The van der Waals surface area contributed by atoms with Crippen molar-refractivity contribution in [2.75, 3.05) is 19.6 Å². The molecule has 264 valence electrons. The largest absolute Gasteiger partial charge is 0.363 e. The number of nitrogens with zero attached hydrogens (tertiary/aromatic N) is 2. The Balaban J connectivity index is 1.76. The molecule has 3 rings (SSSR count). The van der Waals surface area contributed by atoms with Crippen LogP contribution in [0.2, 0.25) is 0 Å². The van der Waals surface area contributed by atoms with E-state index in [9.17, 15) is 33.6 Å². The lowest BCUT2D eigenvalue weighted by atomic mass is 9.85. The van der Waals surface area contributed by atoms with Crippen molar-refractivity contribution in [3.05, 3.63) is 0 Å². The van der Waals surface area contributed by atoms with Crippen LogP contribution < -0.4 is 21.7 Å². The molecule has 2 aliphatic heterocycles. The molecule has 0 spiro atoms. The number of rotatable bonds is 14. The van der Waals surface area contributed by atoms with Gasteiger partial charge in [-0.3, -0.25) is 43.8 Å². The SMILES string of the molecule is CCCCC(NC(=O)[C@@H]1[C@@H]2[C@H](CN1C(=O)[C@@H](NCC(=O)N[C@H](CN1C(=O)CCCC1=O)C(C)(C)C)C(C)(C)C)C2(C)C)C(=O)C(N)=O. The molecule has 3 aliphatic rings. The number of nitrogens with one attached hydrogen (secondary N) is 3. The Morgan fingerprint density at radius 1 is 0.957 bits per heavy atom. The molecule has 2 heterocycles. The molecule has 1 aliphatic carbocycles. The number of Topliss-reactive ketones (excluding diaryl/α,β-unsaturated/α-hetero) is 1. The highest BCUT2D eigenvalue weighted by atomic mass is 16.2. The second-order valence-corrected chi connectivity index (χ2v) is 16.2. The van der Waals surface area contributed by atoms with Gasteiger partial charge in [-0.1, -0.05) is 75.2 Å². The molecule has 6 amide bonds. The van der Waals surface area contributed by atoms with E-state index < -0.39 is 58.5 Å². The average Bonchev–Trinajstić information content (AvgIpc) is 3.26. The highest BCUT2D eigenvalue weighted by Gasteiger charge is 2.69. The second kappa shape index (κ2) is 14.4. The smallest absolute Gasteiger partial charge is 0.287 e. The Hall–Kier alpha value is -3.35. The van der Waals surface area contributed by atoms with Crippen LogP contribution in [0, 0.1) is 28.1 Å². The number of ketones is 1. The normalized spacial score (nSPS) is 24.2. The third-order valence-corrected chi connectivity index (χ3v) is 10.2. The summed E-state index contributed by atoms with van der Waals surface area (Å²) < 4.78 is 0. The van der Waals surface area contributed by atoms with Crippen molar-refractivity contribution in [2.24, 2.45) is 33.8 Å². The lowest BCUT2D eigenvalue weighted by Crippen LogP contribution is -2.61. The number of primary amides is 1. The van der Waals surface area contributed by atoms with Gasteiger partial charge in [0, 0.05) is 25.9 Å². The highest BCUT2D eigenvalue weighted by molar-refractivity contribution is 6.37. The molecule has 2 saturated heterocycles. The first-order valence-electron chi connectivity index (χ1n) is 16.9. The highest BCUT2D eigenvalue weighted by Crippen LogP contribution is 2.65. The maximum atomic E-state index is 14.2. The molecule has 0 aromatic heterocycles. The third-order valence-electron chi connectivity index (χ3n) is 10.2. The van der Waals surface area contributed by atoms with Crippen molar-refractivity contribution >= 4 is 41.2 Å². The van der Waals surface area contributed by atoms with Gasteiger partial charge in [0.2, 0.25) is 35.3 Å². The van der Waals surface area contributed by atoms with Crippen LogP contribution in [-0.2, 0) is 33.6 Å². The molecule has 13 heteroatoms. The van der Waals surface area contributed by atoms with Crippen molar-refractivity contribution in [3.63, 3.8) is 0 Å². The number of hydrogen-bond donors (Lipinski definition) is 4. The summed E-state index contributed by atoms with van der Waals surface area (Å²) in [6, 6.07) is -3.27. The van der Waals surface area contributed by atoms with Crippen LogP contribution in [0.15, 0.2) is 0 Å². The molecule has 0 aromatic rings. The molecule has 3 fully saturated rings. The van der Waals surface area contributed by atoms with E-state index in [-0.39, 0.29) is 54.5 Å². The van der Waals surface area contributed by atoms with Gasteiger partial charge in [0.1, 0.15) is 6.04 Å². The van der Waals surface area contributed by atoms with E-state index in [1.54, 1.807) is 4.90 Å². The number of hydrogen-bond acceptors (Lipinski definition) is 8. The zero-order valence-corrected chi connectivity index (χ0v) is 29.7. The predicted molar refractivity (Wildman–Crippen MR) is 175 cm³/mol. The van der Waals surface area contributed by atoms with Gasteiger partial charge < -0.3 is 21.3 Å². The van der Waals surface area contributed by atoms with Gasteiger partial charge in [-0.2, -0.15) is 0 Å². The lowest BCUT2D eigenvalue weighted by Gasteiger charge is -2.38. The van der Waals surface area contributed by atoms with E-state index >= 15 is 0 Å². The first kappa shape index (κ1) is 38.1. The van der Waals surface area contributed by atoms with Gasteiger partial charge in [0.25, 0.3) is 5.91 Å². The maximum Gasteiger partial charge on any atom is 0.287 e. The average molecular weight is 661 g/mol. The predicted octanol–water partition coefficient (Wildman–Crippen LogP) is 1.27. The van der Waals surface area contributed by atoms with Crippen LogP contribution in [0.5, 0.6) is 0 Å². The van der Waals surface area contributed by atoms with E-state index in [0.717, 1.165) is 6.42 Å². The minimum absolute atomic E-state index is 0.0647. The fourth-order valence-electron chi connectivity index (χ4n) is 7.01. The minimum Gasteiger partial charge on any atom is -0.363 e. The van der Waals surface area contributed by atoms with Crippen LogP contribution in [0.3, 0.4) is 0 Å². The number of unbranched alkanes of at least 4 members (excludes halogenated alkanes) is 1. The summed E-state index contributed by atoms with van der Waals surface area (Å²) in [7, 11) is 0. The Bertz CT molecular complexity index is 1250. The molecule has 6 atom stereocenters. The molecule has 1 unspecified atom stereocenters. The maximum absolute atomic E-state index is 14.2. The molecule has 0 radical (unpaired) electrons. The summed E-state index contributed by atoms with van der Waals surface area (Å²) in [5.74, 6) is -3.75. The summed E-state index contributed by atoms with van der Waals surface area (Å²) in [6.07, 6.45) is 2.73. The quantitative estimate of drug-likeness (QED) is 0.158. The zero-order chi connectivity index (χ0) is 35.6. The fourth-order valence-corrected chi connectivity index (χ4v) is 7.01. The van der Waals surface area contributed by atoms with E-state index in [1.807, 2.05) is 62.3 Å². The van der Waals surface area contributed by atoms with Crippen molar-refractivity contribution < 1.29 is 33.6 Å². The van der Waals surface area contributed by atoms with Crippen LogP contribution in [0.4, 0.5) is 0 Å². The number of piperidine rings is 2. The Labute approximate surface area is 278 Å². The van der Waals surface area contributed by atoms with E-state index in [0.29, 0.717) is 32.2 Å². The van der Waals surface area contributed by atoms with E-state index in [1.165, 1.54) is 4.90 Å². The van der Waals surface area contributed by atoms with E-state index in [4.69, 9.17) is 5.73 Å². The monoisotopic (exact) mass is 660 g/mol. The van der Waals surface area contributed by atoms with Crippen molar-refractivity contribution in [1.29, 1.82) is 0 Å². The number of imide groups is 1. The van der Waals surface area contributed by atoms with Crippen molar-refractivity contribution in [1.82, 2.24) is 25.8 Å². The molecule has 0 aromatic carbocycles. The molecule has 0 bridgehead atoms. The molecule has 13 nitrogen and oxygen atoms in total. The van der Waals surface area contributed by atoms with Crippen LogP contribution in [-0.4, -0.2) is 94.8 Å². The summed E-state index contributed by atoms with van der Waals surface area (Å²) in [5.41, 5.74) is 3.97. The summed E-state index contributed by atoms with van der Waals surface area (Å²) in [4.78, 5) is 93.3. The Morgan fingerprint density at radius 3 is 2.06 bits per heavy atom.